The van der Waals surface area contributed by atoms with Gasteiger partial charge in [-0.05, 0) is 12.5 Å². The summed E-state index contributed by atoms with van der Waals surface area (Å²) in [5.74, 6) is 0.116. The van der Waals surface area contributed by atoms with Crippen LogP contribution in [-0.2, 0) is 4.79 Å². The number of piperazine rings is 1. The molecule has 88 valence electrons. The molecule has 1 rings (SSSR count). The molecule has 1 fully saturated rings. The largest absolute Gasteiger partial charge is 0.368 e. The van der Waals surface area contributed by atoms with Crippen LogP contribution in [0.15, 0.2) is 0 Å². The molecule has 0 aromatic heterocycles. The molecule has 4 heteroatoms. The van der Waals surface area contributed by atoms with Crippen molar-refractivity contribution in [3.63, 3.8) is 0 Å². The van der Waals surface area contributed by atoms with Gasteiger partial charge in [0.2, 0.25) is 5.91 Å². The van der Waals surface area contributed by atoms with Crippen LogP contribution in [0.3, 0.4) is 0 Å². The number of hydrogen-bond donors (Lipinski definition) is 1. The summed E-state index contributed by atoms with van der Waals surface area (Å²) in [4.78, 5) is 16.0. The maximum Gasteiger partial charge on any atom is 0.235 e. The number of amides is 1. The lowest BCUT2D eigenvalue weighted by atomic mass is 10.0. The SMILES string of the molecule is CCN1CCN(C(C(N)=O)C(C)C)CC1. The molecule has 0 aromatic carbocycles. The zero-order valence-electron chi connectivity index (χ0n) is 10.1. The van der Waals surface area contributed by atoms with Crippen LogP contribution in [0, 0.1) is 5.92 Å². The van der Waals surface area contributed by atoms with Gasteiger partial charge in [0, 0.05) is 26.2 Å². The van der Waals surface area contributed by atoms with Gasteiger partial charge in [-0.25, -0.2) is 0 Å². The van der Waals surface area contributed by atoms with Crippen LogP contribution in [0.1, 0.15) is 20.8 Å². The monoisotopic (exact) mass is 213 g/mol. The normalized spacial score (nSPS) is 21.9. The van der Waals surface area contributed by atoms with Crippen LogP contribution in [0.4, 0.5) is 0 Å². The molecule has 0 bridgehead atoms. The van der Waals surface area contributed by atoms with Gasteiger partial charge in [-0.2, -0.15) is 0 Å². The minimum atomic E-state index is -0.185. The number of carbonyl (C=O) groups is 1. The summed E-state index contributed by atoms with van der Waals surface area (Å²) in [6.07, 6.45) is 0. The van der Waals surface area contributed by atoms with Crippen molar-refractivity contribution in [3.8, 4) is 0 Å². The van der Waals surface area contributed by atoms with Gasteiger partial charge in [0.15, 0.2) is 0 Å². The summed E-state index contributed by atoms with van der Waals surface area (Å²) in [7, 11) is 0. The molecule has 1 aliphatic heterocycles. The average Bonchev–Trinajstić information content (AvgIpc) is 2.18. The van der Waals surface area contributed by atoms with Gasteiger partial charge in [-0.15, -0.1) is 0 Å². The van der Waals surface area contributed by atoms with Crippen LogP contribution in [0.5, 0.6) is 0 Å². The van der Waals surface area contributed by atoms with E-state index in [2.05, 4.69) is 30.6 Å². The number of likely N-dealkylation sites (N-methyl/N-ethyl adjacent to an activating group) is 1. The third kappa shape index (κ3) is 3.18. The Hall–Kier alpha value is -0.610. The molecule has 1 unspecified atom stereocenters. The second-order valence-corrected chi connectivity index (χ2v) is 4.56. The fourth-order valence-corrected chi connectivity index (χ4v) is 2.29. The lowest BCUT2D eigenvalue weighted by molar-refractivity contribution is -0.125. The summed E-state index contributed by atoms with van der Waals surface area (Å²) >= 11 is 0. The van der Waals surface area contributed by atoms with E-state index in [9.17, 15) is 4.79 Å². The van der Waals surface area contributed by atoms with E-state index in [0.29, 0.717) is 5.92 Å². The second-order valence-electron chi connectivity index (χ2n) is 4.56. The first kappa shape index (κ1) is 12.5. The van der Waals surface area contributed by atoms with Crippen molar-refractivity contribution >= 4 is 5.91 Å². The molecule has 1 saturated heterocycles. The molecule has 4 nitrogen and oxygen atoms in total. The molecular weight excluding hydrogens is 190 g/mol. The number of rotatable bonds is 4. The highest BCUT2D eigenvalue weighted by molar-refractivity contribution is 5.80. The Labute approximate surface area is 92.4 Å². The van der Waals surface area contributed by atoms with Crippen molar-refractivity contribution in [1.82, 2.24) is 9.80 Å². The van der Waals surface area contributed by atoms with Crippen molar-refractivity contribution in [2.24, 2.45) is 11.7 Å². The van der Waals surface area contributed by atoms with E-state index in [1.807, 2.05) is 0 Å². The molecule has 0 spiro atoms. The molecule has 0 saturated carbocycles. The molecule has 1 aliphatic rings. The maximum atomic E-state index is 11.4. The van der Waals surface area contributed by atoms with E-state index in [1.54, 1.807) is 0 Å². The summed E-state index contributed by atoms with van der Waals surface area (Å²) in [5.41, 5.74) is 5.44. The molecule has 1 heterocycles. The zero-order chi connectivity index (χ0) is 11.4. The van der Waals surface area contributed by atoms with Gasteiger partial charge in [-0.1, -0.05) is 20.8 Å². The molecular formula is C11H23N3O. The second kappa shape index (κ2) is 5.47. The quantitative estimate of drug-likeness (QED) is 0.722. The van der Waals surface area contributed by atoms with Gasteiger partial charge < -0.3 is 10.6 Å². The highest BCUT2D eigenvalue weighted by atomic mass is 16.1. The predicted molar refractivity (Wildman–Crippen MR) is 61.5 cm³/mol. The van der Waals surface area contributed by atoms with Crippen LogP contribution in [0.2, 0.25) is 0 Å². The number of nitrogens with zero attached hydrogens (tertiary/aromatic N) is 2. The Morgan fingerprint density at radius 2 is 1.80 bits per heavy atom. The fourth-order valence-electron chi connectivity index (χ4n) is 2.29. The van der Waals surface area contributed by atoms with Gasteiger partial charge >= 0.3 is 0 Å². The number of nitrogens with two attached hydrogens (primary N) is 1. The Bertz CT molecular complexity index is 210. The molecule has 15 heavy (non-hydrogen) atoms. The van der Waals surface area contributed by atoms with Crippen LogP contribution >= 0.6 is 0 Å². The Kier molecular flexibility index (Phi) is 4.54. The van der Waals surface area contributed by atoms with Crippen LogP contribution in [-0.4, -0.2) is 54.5 Å². The lowest BCUT2D eigenvalue weighted by Crippen LogP contribution is -2.55. The fraction of sp³-hybridized carbons (Fsp3) is 0.909. The minimum Gasteiger partial charge on any atom is -0.368 e. The van der Waals surface area contributed by atoms with E-state index in [1.165, 1.54) is 0 Å². The van der Waals surface area contributed by atoms with E-state index in [4.69, 9.17) is 5.73 Å². The van der Waals surface area contributed by atoms with Crippen molar-refractivity contribution in [2.75, 3.05) is 32.7 Å². The minimum absolute atomic E-state index is 0.0935. The van der Waals surface area contributed by atoms with Crippen LogP contribution < -0.4 is 5.73 Å². The molecule has 1 atom stereocenters. The Balaban J connectivity index is 2.53. The molecule has 0 radical (unpaired) electrons. The summed E-state index contributed by atoms with van der Waals surface area (Å²) in [6.45, 7) is 11.4. The Morgan fingerprint density at radius 3 is 2.13 bits per heavy atom. The number of carbonyl (C=O) groups excluding carboxylic acids is 1. The highest BCUT2D eigenvalue weighted by Crippen LogP contribution is 2.13. The predicted octanol–water partition coefficient (Wildman–Crippen LogP) is 0.134. The van der Waals surface area contributed by atoms with E-state index in [0.717, 1.165) is 32.7 Å². The Morgan fingerprint density at radius 1 is 1.27 bits per heavy atom. The topological polar surface area (TPSA) is 49.6 Å². The smallest absolute Gasteiger partial charge is 0.235 e. The van der Waals surface area contributed by atoms with Gasteiger partial charge in [0.05, 0.1) is 6.04 Å². The van der Waals surface area contributed by atoms with Crippen molar-refractivity contribution in [3.05, 3.63) is 0 Å². The van der Waals surface area contributed by atoms with E-state index in [-0.39, 0.29) is 11.9 Å². The van der Waals surface area contributed by atoms with Crippen molar-refractivity contribution in [1.29, 1.82) is 0 Å². The first-order chi connectivity index (χ1) is 7.06. The molecule has 0 aromatic rings. The van der Waals surface area contributed by atoms with Gasteiger partial charge in [-0.3, -0.25) is 9.69 Å². The summed E-state index contributed by atoms with van der Waals surface area (Å²) < 4.78 is 0. The first-order valence-corrected chi connectivity index (χ1v) is 5.82. The summed E-state index contributed by atoms with van der Waals surface area (Å²) in [6, 6.07) is -0.0935. The third-order valence-corrected chi connectivity index (χ3v) is 3.17. The number of primary amides is 1. The van der Waals surface area contributed by atoms with E-state index < -0.39 is 0 Å². The van der Waals surface area contributed by atoms with Crippen molar-refractivity contribution in [2.45, 2.75) is 26.8 Å². The third-order valence-electron chi connectivity index (χ3n) is 3.17. The maximum absolute atomic E-state index is 11.4. The standard InChI is InChI=1S/C11H23N3O/c1-4-13-5-7-14(8-6-13)10(9(2)3)11(12)15/h9-10H,4-8H2,1-3H3,(H2,12,15). The number of hydrogen-bond acceptors (Lipinski definition) is 3. The lowest BCUT2D eigenvalue weighted by Gasteiger charge is -2.39. The van der Waals surface area contributed by atoms with Crippen molar-refractivity contribution < 1.29 is 4.79 Å². The molecule has 2 N–H and O–H groups in total. The highest BCUT2D eigenvalue weighted by Gasteiger charge is 2.29. The van der Waals surface area contributed by atoms with Gasteiger partial charge in [0.25, 0.3) is 0 Å². The van der Waals surface area contributed by atoms with Crippen LogP contribution in [0.25, 0.3) is 0 Å². The molecule has 0 aliphatic carbocycles. The van der Waals surface area contributed by atoms with Gasteiger partial charge in [0.1, 0.15) is 0 Å². The summed E-state index contributed by atoms with van der Waals surface area (Å²) in [5, 5.41) is 0. The van der Waals surface area contributed by atoms with E-state index >= 15 is 0 Å². The molecule has 1 amide bonds. The average molecular weight is 213 g/mol. The first-order valence-electron chi connectivity index (χ1n) is 5.82. The zero-order valence-corrected chi connectivity index (χ0v) is 10.1.